The molecule has 1 aliphatic rings. The first-order valence-electron chi connectivity index (χ1n) is 5.46. The summed E-state index contributed by atoms with van der Waals surface area (Å²) in [5.74, 6) is 0.539. The molecule has 0 amide bonds. The summed E-state index contributed by atoms with van der Waals surface area (Å²) in [4.78, 5) is 11.2. The summed E-state index contributed by atoms with van der Waals surface area (Å²) in [6, 6.07) is 0. The van der Waals surface area contributed by atoms with Crippen molar-refractivity contribution in [2.75, 3.05) is 0 Å². The average molecular weight is 214 g/mol. The number of hydrogen-bond acceptors (Lipinski definition) is 1. The Morgan fingerprint density at radius 2 is 2.20 bits per heavy atom. The maximum absolute atomic E-state index is 13.5. The van der Waals surface area contributed by atoms with Crippen molar-refractivity contribution in [3.8, 4) is 11.8 Å². The van der Waals surface area contributed by atoms with E-state index in [4.69, 9.17) is 0 Å². The molecule has 0 aliphatic heterocycles. The molecule has 0 bridgehead atoms. The van der Waals surface area contributed by atoms with E-state index in [-0.39, 0.29) is 12.2 Å². The lowest BCUT2D eigenvalue weighted by Crippen LogP contribution is -2.29. The van der Waals surface area contributed by atoms with Crippen LogP contribution in [0.3, 0.4) is 0 Å². The van der Waals surface area contributed by atoms with Gasteiger partial charge in [-0.25, -0.2) is 0 Å². The lowest BCUT2D eigenvalue weighted by molar-refractivity contribution is -0.122. The number of carbonyl (C=O) groups is 1. The van der Waals surface area contributed by atoms with Gasteiger partial charge in [-0.3, -0.25) is 4.79 Å². The molecule has 84 valence electrons. The molecule has 0 saturated carbocycles. The molecular weight excluding hydrogens is 198 g/mol. The van der Waals surface area contributed by atoms with Crippen LogP contribution in [0.15, 0.2) is 0 Å². The van der Waals surface area contributed by atoms with Gasteiger partial charge >= 0.3 is 5.92 Å². The molecule has 0 aromatic rings. The molecular formula is C12H16F2O. The number of alkyl halides is 2. The van der Waals surface area contributed by atoms with Gasteiger partial charge in [-0.15, -0.1) is 0 Å². The lowest BCUT2D eigenvalue weighted by atomic mass is 9.88. The van der Waals surface area contributed by atoms with Crippen LogP contribution in [-0.4, -0.2) is 11.7 Å². The van der Waals surface area contributed by atoms with Crippen molar-refractivity contribution in [1.29, 1.82) is 0 Å². The van der Waals surface area contributed by atoms with Gasteiger partial charge in [-0.05, 0) is 18.8 Å². The van der Waals surface area contributed by atoms with Crippen molar-refractivity contribution < 1.29 is 13.6 Å². The van der Waals surface area contributed by atoms with Crippen LogP contribution in [-0.2, 0) is 4.79 Å². The van der Waals surface area contributed by atoms with Gasteiger partial charge in [-0.2, -0.15) is 8.78 Å². The van der Waals surface area contributed by atoms with Crippen molar-refractivity contribution in [2.24, 2.45) is 5.92 Å². The Hall–Kier alpha value is -0.910. The molecule has 1 nitrogen and oxygen atoms in total. The summed E-state index contributed by atoms with van der Waals surface area (Å²) in [6.07, 6.45) is 2.86. The summed E-state index contributed by atoms with van der Waals surface area (Å²) < 4.78 is 27.0. The summed E-state index contributed by atoms with van der Waals surface area (Å²) >= 11 is 0. The van der Waals surface area contributed by atoms with Crippen molar-refractivity contribution >= 4 is 5.78 Å². The molecule has 15 heavy (non-hydrogen) atoms. The van der Waals surface area contributed by atoms with Crippen LogP contribution >= 0.6 is 0 Å². The third kappa shape index (κ3) is 3.62. The van der Waals surface area contributed by atoms with E-state index in [0.717, 1.165) is 12.8 Å². The van der Waals surface area contributed by atoms with Crippen LogP contribution in [0, 0.1) is 17.8 Å². The lowest BCUT2D eigenvalue weighted by Gasteiger charge is -2.23. The van der Waals surface area contributed by atoms with E-state index in [2.05, 4.69) is 5.92 Å². The Kier molecular flexibility index (Phi) is 4.26. The molecule has 0 heterocycles. The fourth-order valence-corrected chi connectivity index (χ4v) is 1.72. The van der Waals surface area contributed by atoms with Gasteiger partial charge < -0.3 is 0 Å². The maximum atomic E-state index is 13.5. The normalized spacial score (nSPS) is 24.6. The predicted molar refractivity (Wildman–Crippen MR) is 54.6 cm³/mol. The van der Waals surface area contributed by atoms with Gasteiger partial charge in [0.05, 0.1) is 0 Å². The van der Waals surface area contributed by atoms with Crippen molar-refractivity contribution in [3.63, 3.8) is 0 Å². The molecule has 3 heteroatoms. The average Bonchev–Trinajstić information content (AvgIpc) is 2.18. The molecule has 0 aromatic heterocycles. The second kappa shape index (κ2) is 5.25. The number of ketones is 1. The third-order valence-corrected chi connectivity index (χ3v) is 2.74. The molecule has 1 aliphatic carbocycles. The smallest absolute Gasteiger partial charge is 0.300 e. The Balaban J connectivity index is 2.72. The second-order valence-electron chi connectivity index (χ2n) is 3.96. The Bertz CT molecular complexity index is 286. The minimum absolute atomic E-state index is 0.0296. The van der Waals surface area contributed by atoms with Gasteiger partial charge in [0.1, 0.15) is 5.78 Å². The largest absolute Gasteiger partial charge is 0.311 e. The highest BCUT2D eigenvalue weighted by molar-refractivity contribution is 5.78. The van der Waals surface area contributed by atoms with Crippen LogP contribution in [0.1, 0.15) is 45.4 Å². The van der Waals surface area contributed by atoms with E-state index in [1.807, 2.05) is 5.92 Å². The first kappa shape index (κ1) is 12.2. The van der Waals surface area contributed by atoms with E-state index >= 15 is 0 Å². The standard InChI is InChI=1S/C12H16F2O/c1-2-11(15)9-10-7-5-3-4-6-8-12(10,13)14/h10H,2-5,7,9H2,1H3. The van der Waals surface area contributed by atoms with Gasteiger partial charge in [0.25, 0.3) is 0 Å². The number of carbonyl (C=O) groups excluding carboxylic acids is 1. The number of rotatable bonds is 3. The van der Waals surface area contributed by atoms with Crippen molar-refractivity contribution in [2.45, 2.75) is 51.4 Å². The van der Waals surface area contributed by atoms with Crippen LogP contribution in [0.2, 0.25) is 0 Å². The molecule has 1 rings (SSSR count). The number of Topliss-reactive ketones (excluding diaryl/α,β-unsaturated/α-hetero) is 1. The highest BCUT2D eigenvalue weighted by atomic mass is 19.3. The van der Waals surface area contributed by atoms with E-state index in [0.29, 0.717) is 19.3 Å². The predicted octanol–water partition coefficient (Wildman–Crippen LogP) is 3.18. The summed E-state index contributed by atoms with van der Waals surface area (Å²) in [5.41, 5.74) is 0. The van der Waals surface area contributed by atoms with E-state index in [9.17, 15) is 13.6 Å². The number of halogens is 2. The van der Waals surface area contributed by atoms with Crippen LogP contribution in [0.4, 0.5) is 8.78 Å². The minimum atomic E-state index is -2.98. The third-order valence-electron chi connectivity index (χ3n) is 2.74. The zero-order chi connectivity index (χ0) is 11.3. The highest BCUT2D eigenvalue weighted by Gasteiger charge is 2.38. The summed E-state index contributed by atoms with van der Waals surface area (Å²) in [5, 5.41) is 0. The van der Waals surface area contributed by atoms with Crippen LogP contribution < -0.4 is 0 Å². The SMILES string of the molecule is CCC(=O)CC1CCCCC#CC1(F)F. The first-order valence-corrected chi connectivity index (χ1v) is 5.46. The van der Waals surface area contributed by atoms with Crippen LogP contribution in [0.25, 0.3) is 0 Å². The fourth-order valence-electron chi connectivity index (χ4n) is 1.72. The second-order valence-corrected chi connectivity index (χ2v) is 3.96. The van der Waals surface area contributed by atoms with Gasteiger partial charge in [0.15, 0.2) is 0 Å². The molecule has 1 unspecified atom stereocenters. The molecule has 0 spiro atoms. The Morgan fingerprint density at radius 3 is 2.87 bits per heavy atom. The van der Waals surface area contributed by atoms with E-state index < -0.39 is 11.8 Å². The fraction of sp³-hybridized carbons (Fsp3) is 0.750. The van der Waals surface area contributed by atoms with Crippen LogP contribution in [0.5, 0.6) is 0 Å². The van der Waals surface area contributed by atoms with E-state index in [1.54, 1.807) is 6.92 Å². The Labute approximate surface area is 89.2 Å². The topological polar surface area (TPSA) is 17.1 Å². The Morgan fingerprint density at radius 1 is 1.47 bits per heavy atom. The summed E-state index contributed by atoms with van der Waals surface area (Å²) in [7, 11) is 0. The quantitative estimate of drug-likeness (QED) is 0.659. The molecule has 0 N–H and O–H groups in total. The maximum Gasteiger partial charge on any atom is 0.311 e. The monoisotopic (exact) mass is 214 g/mol. The van der Waals surface area contributed by atoms with Gasteiger partial charge in [0, 0.05) is 25.2 Å². The van der Waals surface area contributed by atoms with E-state index in [1.165, 1.54) is 0 Å². The molecule has 1 atom stereocenters. The highest BCUT2D eigenvalue weighted by Crippen LogP contribution is 2.32. The van der Waals surface area contributed by atoms with Gasteiger partial charge in [-0.1, -0.05) is 19.3 Å². The molecule has 0 fully saturated rings. The summed E-state index contributed by atoms with van der Waals surface area (Å²) in [6.45, 7) is 1.70. The van der Waals surface area contributed by atoms with Gasteiger partial charge in [0.2, 0.25) is 0 Å². The zero-order valence-corrected chi connectivity index (χ0v) is 8.98. The molecule has 0 aromatic carbocycles. The molecule has 0 radical (unpaired) electrons. The zero-order valence-electron chi connectivity index (χ0n) is 8.98. The first-order chi connectivity index (χ1) is 7.06. The van der Waals surface area contributed by atoms with Crippen molar-refractivity contribution in [3.05, 3.63) is 0 Å². The molecule has 0 saturated heterocycles. The number of hydrogen-bond donors (Lipinski definition) is 0. The van der Waals surface area contributed by atoms with Crippen molar-refractivity contribution in [1.82, 2.24) is 0 Å². The minimum Gasteiger partial charge on any atom is -0.300 e.